The summed E-state index contributed by atoms with van der Waals surface area (Å²) in [6, 6.07) is 19.4. The van der Waals surface area contributed by atoms with Crippen molar-refractivity contribution in [2.24, 2.45) is 0 Å². The predicted molar refractivity (Wildman–Crippen MR) is 157 cm³/mol. The van der Waals surface area contributed by atoms with E-state index in [0.717, 1.165) is 21.7 Å². The summed E-state index contributed by atoms with van der Waals surface area (Å²) in [6.07, 6.45) is 1.26. The van der Waals surface area contributed by atoms with Crippen LogP contribution in [-0.2, 0) is 32.6 Å². The first kappa shape index (κ1) is 30.8. The second-order valence-electron chi connectivity index (χ2n) is 11.2. The third kappa shape index (κ3) is 8.64. The molecule has 0 aliphatic heterocycles. The Balaban J connectivity index is 2.09. The molecule has 1 unspecified atom stereocenters. The zero-order valence-electron chi connectivity index (χ0n) is 23.9. The first-order valence-corrected chi connectivity index (χ1v) is 14.9. The molecular weight excluding hydrogens is 529 g/mol. The molecule has 3 aromatic rings. The Labute approximate surface area is 237 Å². The Kier molecular flexibility index (Phi) is 9.73. The topological polar surface area (TPSA) is 86.8 Å². The fraction of sp³-hybridized carbons (Fsp3) is 0.355. The van der Waals surface area contributed by atoms with Crippen molar-refractivity contribution >= 4 is 27.5 Å². The number of aryl methyl sites for hydroxylation is 2. The fourth-order valence-corrected chi connectivity index (χ4v) is 5.28. The van der Waals surface area contributed by atoms with Gasteiger partial charge < -0.3 is 10.2 Å². The Hall–Kier alpha value is -3.72. The highest BCUT2D eigenvalue weighted by Gasteiger charge is 2.34. The van der Waals surface area contributed by atoms with Crippen LogP contribution in [0.3, 0.4) is 0 Å². The Morgan fingerprint density at radius 3 is 2.12 bits per heavy atom. The van der Waals surface area contributed by atoms with Gasteiger partial charge in [-0.1, -0.05) is 54.6 Å². The molecule has 1 N–H and O–H groups in total. The summed E-state index contributed by atoms with van der Waals surface area (Å²) in [7, 11) is -3.86. The van der Waals surface area contributed by atoms with Gasteiger partial charge in [-0.05, 0) is 75.1 Å². The minimum absolute atomic E-state index is 0.0153. The molecule has 0 fully saturated rings. The number of hydrogen-bond acceptors (Lipinski definition) is 4. The van der Waals surface area contributed by atoms with Crippen molar-refractivity contribution in [2.75, 3.05) is 17.1 Å². The smallest absolute Gasteiger partial charge is 0.244 e. The third-order valence-corrected chi connectivity index (χ3v) is 7.47. The van der Waals surface area contributed by atoms with E-state index in [0.29, 0.717) is 16.8 Å². The van der Waals surface area contributed by atoms with Gasteiger partial charge in [-0.2, -0.15) is 0 Å². The maximum absolute atomic E-state index is 14.1. The van der Waals surface area contributed by atoms with E-state index >= 15 is 0 Å². The van der Waals surface area contributed by atoms with Crippen LogP contribution in [-0.4, -0.2) is 49.5 Å². The fourth-order valence-electron chi connectivity index (χ4n) is 4.38. The molecule has 0 saturated carbocycles. The second-order valence-corrected chi connectivity index (χ2v) is 13.1. The van der Waals surface area contributed by atoms with Crippen molar-refractivity contribution in [1.82, 2.24) is 10.2 Å². The quantitative estimate of drug-likeness (QED) is 0.383. The lowest BCUT2D eigenvalue weighted by atomic mass is 10.0. The van der Waals surface area contributed by atoms with Gasteiger partial charge in [0.05, 0.1) is 11.9 Å². The van der Waals surface area contributed by atoms with Crippen molar-refractivity contribution in [1.29, 1.82) is 0 Å². The molecule has 2 amide bonds. The average Bonchev–Trinajstić information content (AvgIpc) is 2.86. The predicted octanol–water partition coefficient (Wildman–Crippen LogP) is 4.76. The molecular formula is C31H38FN3O4S. The number of benzene rings is 3. The maximum Gasteiger partial charge on any atom is 0.244 e. The normalized spacial score (nSPS) is 12.5. The molecule has 0 aromatic heterocycles. The van der Waals surface area contributed by atoms with E-state index in [1.165, 1.54) is 17.0 Å². The lowest BCUT2D eigenvalue weighted by molar-refractivity contribution is -0.140. The molecule has 0 heterocycles. The zero-order valence-corrected chi connectivity index (χ0v) is 24.8. The van der Waals surface area contributed by atoms with Gasteiger partial charge in [-0.3, -0.25) is 13.9 Å². The van der Waals surface area contributed by atoms with Crippen LogP contribution in [0.5, 0.6) is 0 Å². The van der Waals surface area contributed by atoms with Crippen LogP contribution in [0.15, 0.2) is 72.8 Å². The molecule has 40 heavy (non-hydrogen) atoms. The van der Waals surface area contributed by atoms with Gasteiger partial charge in [-0.25, -0.2) is 12.8 Å². The van der Waals surface area contributed by atoms with E-state index in [-0.39, 0.29) is 18.9 Å². The molecule has 0 radical (unpaired) electrons. The third-order valence-electron chi connectivity index (χ3n) is 6.35. The molecule has 7 nitrogen and oxygen atoms in total. The van der Waals surface area contributed by atoms with Crippen molar-refractivity contribution < 1.29 is 22.4 Å². The van der Waals surface area contributed by atoms with E-state index in [9.17, 15) is 22.4 Å². The number of carbonyl (C=O) groups excluding carboxylic acids is 2. The van der Waals surface area contributed by atoms with Crippen LogP contribution < -0.4 is 9.62 Å². The summed E-state index contributed by atoms with van der Waals surface area (Å²) in [5.41, 5.74) is 2.80. The number of anilines is 1. The summed E-state index contributed by atoms with van der Waals surface area (Å²) in [6.45, 7) is 8.66. The largest absolute Gasteiger partial charge is 0.350 e. The van der Waals surface area contributed by atoms with Crippen molar-refractivity contribution in [3.8, 4) is 0 Å². The van der Waals surface area contributed by atoms with Gasteiger partial charge in [-0.15, -0.1) is 0 Å². The van der Waals surface area contributed by atoms with Crippen LogP contribution >= 0.6 is 0 Å². The van der Waals surface area contributed by atoms with E-state index in [4.69, 9.17) is 0 Å². The van der Waals surface area contributed by atoms with Gasteiger partial charge in [0.15, 0.2) is 0 Å². The molecule has 214 valence electrons. The average molecular weight is 568 g/mol. The highest BCUT2D eigenvalue weighted by molar-refractivity contribution is 7.92. The lowest BCUT2D eigenvalue weighted by Crippen LogP contribution is -2.56. The number of amides is 2. The van der Waals surface area contributed by atoms with Crippen LogP contribution in [0.1, 0.15) is 43.0 Å². The summed E-state index contributed by atoms with van der Waals surface area (Å²) in [5, 5.41) is 2.98. The minimum atomic E-state index is -3.86. The van der Waals surface area contributed by atoms with Gasteiger partial charge in [0, 0.05) is 18.5 Å². The van der Waals surface area contributed by atoms with Crippen LogP contribution in [0, 0.1) is 19.7 Å². The monoisotopic (exact) mass is 567 g/mol. The Morgan fingerprint density at radius 2 is 1.55 bits per heavy atom. The molecule has 0 bridgehead atoms. The zero-order chi connectivity index (χ0) is 29.7. The van der Waals surface area contributed by atoms with Crippen molar-refractivity contribution in [3.63, 3.8) is 0 Å². The molecule has 0 aliphatic rings. The SMILES string of the molecule is Cc1ccc(C)c(N(CC(=O)N(Cc2ccc(F)cc2)C(Cc2ccccc2)C(=O)NC(C)(C)C)S(C)(=O)=O)c1. The van der Waals surface area contributed by atoms with Crippen LogP contribution in [0.2, 0.25) is 0 Å². The number of nitrogens with zero attached hydrogens (tertiary/aromatic N) is 2. The first-order chi connectivity index (χ1) is 18.6. The molecule has 9 heteroatoms. The summed E-state index contributed by atoms with van der Waals surface area (Å²) in [5.74, 6) is -1.35. The number of halogens is 1. The number of carbonyl (C=O) groups is 2. The van der Waals surface area contributed by atoms with E-state index in [2.05, 4.69) is 5.32 Å². The number of hydrogen-bond donors (Lipinski definition) is 1. The standard InChI is InChI=1S/C31H38FN3O4S/c1-22-12-13-23(2)27(18-22)35(40(6,38)39)21-29(36)34(20-25-14-16-26(32)17-15-25)28(30(37)33-31(3,4)5)19-24-10-8-7-9-11-24/h7-18,28H,19-21H2,1-6H3,(H,33,37). The second kappa shape index (κ2) is 12.6. The summed E-state index contributed by atoms with van der Waals surface area (Å²) >= 11 is 0. The van der Waals surface area contributed by atoms with Gasteiger partial charge in [0.1, 0.15) is 18.4 Å². The minimum Gasteiger partial charge on any atom is -0.350 e. The van der Waals surface area contributed by atoms with E-state index < -0.39 is 39.9 Å². The Morgan fingerprint density at radius 1 is 0.925 bits per heavy atom. The van der Waals surface area contributed by atoms with Crippen LogP contribution in [0.25, 0.3) is 0 Å². The van der Waals surface area contributed by atoms with E-state index in [1.807, 2.05) is 64.1 Å². The molecule has 3 aromatic carbocycles. The molecule has 0 saturated heterocycles. The molecule has 0 aliphatic carbocycles. The highest BCUT2D eigenvalue weighted by Crippen LogP contribution is 2.25. The highest BCUT2D eigenvalue weighted by atomic mass is 32.2. The molecule has 3 rings (SSSR count). The van der Waals surface area contributed by atoms with Crippen LogP contribution in [0.4, 0.5) is 10.1 Å². The first-order valence-electron chi connectivity index (χ1n) is 13.1. The van der Waals surface area contributed by atoms with Gasteiger partial charge >= 0.3 is 0 Å². The number of rotatable bonds is 10. The molecule has 0 spiro atoms. The van der Waals surface area contributed by atoms with E-state index in [1.54, 1.807) is 31.2 Å². The number of sulfonamides is 1. The molecule has 1 atom stereocenters. The maximum atomic E-state index is 14.1. The van der Waals surface area contributed by atoms with Crippen molar-refractivity contribution in [2.45, 2.75) is 59.2 Å². The van der Waals surface area contributed by atoms with Crippen molar-refractivity contribution in [3.05, 3.63) is 101 Å². The Bertz CT molecular complexity index is 1440. The number of nitrogens with one attached hydrogen (secondary N) is 1. The summed E-state index contributed by atoms with van der Waals surface area (Å²) < 4.78 is 40.7. The summed E-state index contributed by atoms with van der Waals surface area (Å²) in [4.78, 5) is 29.2. The van der Waals surface area contributed by atoms with Gasteiger partial charge in [0.2, 0.25) is 21.8 Å². The van der Waals surface area contributed by atoms with Gasteiger partial charge in [0.25, 0.3) is 0 Å². The lowest BCUT2D eigenvalue weighted by Gasteiger charge is -2.35.